The summed E-state index contributed by atoms with van der Waals surface area (Å²) in [7, 11) is 1.44. The molecule has 20 nitrogen and oxygen atoms in total. The van der Waals surface area contributed by atoms with Crippen LogP contribution in [0.4, 0.5) is 35.3 Å². The summed E-state index contributed by atoms with van der Waals surface area (Å²) in [5.41, 5.74) is 8.77. The number of aromatic nitrogens is 4. The number of amides is 7. The summed E-state index contributed by atoms with van der Waals surface area (Å²) in [6, 6.07) is 11.9. The van der Waals surface area contributed by atoms with E-state index in [9.17, 15) is 41.9 Å². The van der Waals surface area contributed by atoms with Crippen LogP contribution in [0.3, 0.4) is 0 Å². The second kappa shape index (κ2) is 22.4. The smallest absolute Gasteiger partial charge is 0.416 e. The summed E-state index contributed by atoms with van der Waals surface area (Å²) in [5.74, 6) is -1.00. The Balaban J connectivity index is 0.841. The summed E-state index contributed by atoms with van der Waals surface area (Å²) in [5, 5.41) is 10.5. The van der Waals surface area contributed by atoms with E-state index in [-0.39, 0.29) is 118 Å². The normalized spacial score (nSPS) is 17.8. The highest BCUT2D eigenvalue weighted by Crippen LogP contribution is 2.39. The van der Waals surface area contributed by atoms with Gasteiger partial charge in [-0.25, -0.2) is 19.7 Å². The van der Waals surface area contributed by atoms with Crippen LogP contribution in [-0.4, -0.2) is 126 Å². The number of imidazole rings is 1. The third-order valence-corrected chi connectivity index (χ3v) is 12.3. The number of nitrogen functional groups attached to an aromatic ring is 1. The molecule has 7 amide bonds. The molecule has 1 saturated heterocycles. The number of hydrogen-bond donors (Lipinski definition) is 5. The first-order valence-corrected chi connectivity index (χ1v) is 23.3. The molecule has 2 aromatic carbocycles. The molecular weight excluding hydrogens is 944 g/mol. The Morgan fingerprint density at radius 3 is 2.44 bits per heavy atom. The average Bonchev–Trinajstić information content (AvgIpc) is 4.00. The fourth-order valence-electron chi connectivity index (χ4n) is 8.76. The molecule has 3 aromatic heterocycles. The van der Waals surface area contributed by atoms with Crippen molar-refractivity contribution in [3.63, 3.8) is 0 Å². The Morgan fingerprint density at radius 2 is 1.68 bits per heavy atom. The maximum Gasteiger partial charge on any atom is 0.416 e. The number of nitrogens with zero attached hydrogens (tertiary/aromatic N) is 6. The van der Waals surface area contributed by atoms with Crippen LogP contribution in [0.15, 0.2) is 73.1 Å². The molecular formula is C49H52F3N11O9. The van der Waals surface area contributed by atoms with Gasteiger partial charge in [-0.15, -0.1) is 0 Å². The van der Waals surface area contributed by atoms with Gasteiger partial charge in [-0.1, -0.05) is 18.2 Å². The van der Waals surface area contributed by atoms with Gasteiger partial charge in [-0.2, -0.15) is 13.2 Å². The molecule has 6 N–H and O–H groups in total. The number of urea groups is 1. The number of halogens is 3. The van der Waals surface area contributed by atoms with Crippen LogP contribution in [0.5, 0.6) is 5.75 Å². The molecule has 0 radical (unpaired) electrons. The fourth-order valence-corrected chi connectivity index (χ4v) is 8.76. The number of carbonyl (C=O) groups excluding carboxylic acids is 6. The Morgan fingerprint density at radius 1 is 0.903 bits per heavy atom. The molecule has 5 heterocycles. The molecule has 378 valence electrons. The average molecular weight is 996 g/mol. The zero-order chi connectivity index (χ0) is 50.9. The summed E-state index contributed by atoms with van der Waals surface area (Å²) in [6.07, 6.45) is 4.26. The Hall–Kier alpha value is -7.92. The second-order valence-electron chi connectivity index (χ2n) is 17.2. The summed E-state index contributed by atoms with van der Waals surface area (Å²) in [4.78, 5) is 93.1. The largest absolute Gasteiger partial charge is 0.495 e. The molecule has 8 rings (SSSR count). The van der Waals surface area contributed by atoms with Gasteiger partial charge in [-0.3, -0.25) is 38.6 Å². The maximum atomic E-state index is 13.5. The van der Waals surface area contributed by atoms with Crippen molar-refractivity contribution in [1.29, 1.82) is 0 Å². The lowest BCUT2D eigenvalue weighted by Gasteiger charge is -2.28. The number of ether oxygens (including phenoxy) is 3. The predicted molar refractivity (Wildman–Crippen MR) is 256 cm³/mol. The number of fused-ring (bicyclic) bond motifs is 3. The molecule has 23 heteroatoms. The molecule has 0 unspecified atom stereocenters. The van der Waals surface area contributed by atoms with Crippen molar-refractivity contribution >= 4 is 64.5 Å². The SMILES string of the molecule is COc1ccc(C(=O)NCCOCCOCCC(=O)N2CC/C=C/c3cnc(N)c4c(-c5ccc(C(=O)Nc6cc(C(F)(F)F)ccn6)cc5)nc(n34)[C@@H]3CC[C@H](C3)NC(=O)C2)cc1N1CCC(=O)NC1=O. The van der Waals surface area contributed by atoms with E-state index in [1.807, 2.05) is 16.6 Å². The number of imide groups is 1. The van der Waals surface area contributed by atoms with E-state index in [1.54, 1.807) is 30.5 Å². The second-order valence-corrected chi connectivity index (χ2v) is 17.2. The van der Waals surface area contributed by atoms with E-state index >= 15 is 0 Å². The van der Waals surface area contributed by atoms with Crippen LogP contribution in [0, 0.1) is 0 Å². The minimum absolute atomic E-state index is 0.0279. The molecule has 5 aromatic rings. The lowest BCUT2D eigenvalue weighted by Crippen LogP contribution is -2.49. The molecule has 0 spiro atoms. The van der Waals surface area contributed by atoms with Crippen LogP contribution in [-0.2, 0) is 30.0 Å². The molecule has 3 aliphatic rings. The van der Waals surface area contributed by atoms with Gasteiger partial charge in [0.05, 0.1) is 69.6 Å². The van der Waals surface area contributed by atoms with E-state index in [4.69, 9.17) is 24.9 Å². The molecule has 2 aliphatic heterocycles. The molecule has 2 bridgehead atoms. The molecule has 72 heavy (non-hydrogen) atoms. The number of alkyl halides is 3. The molecule has 1 saturated carbocycles. The standard InChI is InChI=1S/C49H52F3N11O9/c1-70-37-12-10-32(25-36(37)62-19-14-39(64)59-48(62)69)46(67)55-17-21-72-23-22-71-20-15-41(66)61-18-3-2-4-35-27-56-44(53)43-42(60-45(63(35)43)31-9-11-34(24-31)57-40(65)28-61)29-5-7-30(8-6-29)47(68)58-38-26-33(13-16-54-38)49(50,51)52/h2,4-8,10,12-13,16,25-27,31,34H,3,9,11,14-15,17-24,28H2,1H3,(H2,53,56)(H,55,67)(H,57,65)(H,54,58,68)(H,59,64,69)/b4-2+/t31-,34-/m1/s1. The number of nitrogens with two attached hydrogens (primary N) is 1. The van der Waals surface area contributed by atoms with Gasteiger partial charge < -0.3 is 40.8 Å². The lowest BCUT2D eigenvalue weighted by atomic mass is 10.1. The van der Waals surface area contributed by atoms with Crippen molar-refractivity contribution in [3.8, 4) is 17.0 Å². The minimum Gasteiger partial charge on any atom is -0.495 e. The highest BCUT2D eigenvalue weighted by atomic mass is 19.4. The number of carbonyl (C=O) groups is 6. The first-order chi connectivity index (χ1) is 34.7. The Bertz CT molecular complexity index is 2890. The topological polar surface area (TPSA) is 254 Å². The van der Waals surface area contributed by atoms with E-state index in [1.165, 1.54) is 35.1 Å². The summed E-state index contributed by atoms with van der Waals surface area (Å²) < 4.78 is 58.3. The first kappa shape index (κ1) is 50.5. The Labute approximate surface area is 410 Å². The van der Waals surface area contributed by atoms with Crippen LogP contribution in [0.2, 0.25) is 0 Å². The summed E-state index contributed by atoms with van der Waals surface area (Å²) in [6.45, 7) is 1.10. The van der Waals surface area contributed by atoms with Crippen LogP contribution in [0.25, 0.3) is 22.9 Å². The van der Waals surface area contributed by atoms with Gasteiger partial charge in [0.15, 0.2) is 0 Å². The van der Waals surface area contributed by atoms with Gasteiger partial charge in [0, 0.05) is 60.9 Å². The highest BCUT2D eigenvalue weighted by Gasteiger charge is 2.34. The van der Waals surface area contributed by atoms with E-state index in [2.05, 4.69) is 31.2 Å². The van der Waals surface area contributed by atoms with Crippen molar-refractivity contribution in [2.75, 3.05) is 75.7 Å². The Kier molecular flexibility index (Phi) is 15.7. The molecule has 2 fully saturated rings. The number of methoxy groups -OCH3 is 1. The fraction of sp³-hybridized carbons (Fsp3) is 0.367. The van der Waals surface area contributed by atoms with E-state index in [0.29, 0.717) is 59.6 Å². The van der Waals surface area contributed by atoms with E-state index < -0.39 is 29.6 Å². The van der Waals surface area contributed by atoms with Crippen molar-refractivity contribution in [1.82, 2.24) is 40.2 Å². The third-order valence-electron chi connectivity index (χ3n) is 12.3. The van der Waals surface area contributed by atoms with Crippen molar-refractivity contribution < 1.29 is 56.1 Å². The zero-order valence-corrected chi connectivity index (χ0v) is 39.1. The van der Waals surface area contributed by atoms with Gasteiger partial charge >= 0.3 is 12.2 Å². The lowest BCUT2D eigenvalue weighted by molar-refractivity contribution is -0.137. The van der Waals surface area contributed by atoms with Gasteiger partial charge in [0.2, 0.25) is 17.7 Å². The summed E-state index contributed by atoms with van der Waals surface area (Å²) >= 11 is 0. The third kappa shape index (κ3) is 12.0. The monoisotopic (exact) mass is 995 g/mol. The van der Waals surface area contributed by atoms with Gasteiger partial charge in [-0.05, 0) is 74.2 Å². The number of hydrogen-bond acceptors (Lipinski definition) is 13. The van der Waals surface area contributed by atoms with Crippen molar-refractivity contribution in [2.45, 2.75) is 56.7 Å². The van der Waals surface area contributed by atoms with Gasteiger partial charge in [0.25, 0.3) is 11.8 Å². The highest BCUT2D eigenvalue weighted by molar-refractivity contribution is 6.07. The quantitative estimate of drug-likeness (QED) is 0.0872. The number of benzene rings is 2. The number of nitrogens with one attached hydrogen (secondary N) is 4. The number of pyridine rings is 1. The predicted octanol–water partition coefficient (Wildman–Crippen LogP) is 4.95. The van der Waals surface area contributed by atoms with Crippen molar-refractivity contribution in [3.05, 3.63) is 101 Å². The van der Waals surface area contributed by atoms with Crippen molar-refractivity contribution in [2.24, 2.45) is 0 Å². The van der Waals surface area contributed by atoms with Crippen LogP contribution in [0.1, 0.15) is 82.2 Å². The van der Waals surface area contributed by atoms with Crippen LogP contribution >= 0.6 is 0 Å². The number of rotatable bonds is 15. The van der Waals surface area contributed by atoms with Crippen LogP contribution < -0.4 is 36.6 Å². The molecule has 2 atom stereocenters. The van der Waals surface area contributed by atoms with Gasteiger partial charge in [0.1, 0.15) is 34.4 Å². The maximum absolute atomic E-state index is 13.5. The van der Waals surface area contributed by atoms with E-state index in [0.717, 1.165) is 24.2 Å². The first-order valence-electron chi connectivity index (χ1n) is 23.3. The molecule has 1 aliphatic carbocycles. The zero-order valence-electron chi connectivity index (χ0n) is 39.1. The minimum atomic E-state index is -4.60. The number of anilines is 3.